The smallest absolute Gasteiger partial charge is 0.118 e. The summed E-state index contributed by atoms with van der Waals surface area (Å²) in [5, 5.41) is 14.0. The fraction of sp³-hybridized carbons (Fsp3) is 0. The van der Waals surface area contributed by atoms with E-state index in [0.29, 0.717) is 10.6 Å². The van der Waals surface area contributed by atoms with Crippen LogP contribution in [0.1, 0.15) is 0 Å². The van der Waals surface area contributed by atoms with Crippen molar-refractivity contribution in [1.29, 1.82) is 0 Å². The van der Waals surface area contributed by atoms with E-state index in [4.69, 9.17) is 0 Å². The number of anilines is 3. The second-order valence-electron chi connectivity index (χ2n) is 6.50. The summed E-state index contributed by atoms with van der Waals surface area (Å²) in [4.78, 5) is 5.03. The van der Waals surface area contributed by atoms with Gasteiger partial charge >= 0.3 is 0 Å². The van der Waals surface area contributed by atoms with E-state index in [1.165, 1.54) is 0 Å². The topological polar surface area (TPSA) is 74.2 Å². The maximum atomic E-state index is 13.1. The van der Waals surface area contributed by atoms with Gasteiger partial charge in [0.1, 0.15) is 5.75 Å². The lowest BCUT2D eigenvalue weighted by Gasteiger charge is -2.15. The first-order valence-corrected chi connectivity index (χ1v) is 11.3. The lowest BCUT2D eigenvalue weighted by Crippen LogP contribution is -2.12. The predicted molar refractivity (Wildman–Crippen MR) is 124 cm³/mol. The van der Waals surface area contributed by atoms with Crippen LogP contribution in [0, 0.1) is 0 Å². The fourth-order valence-corrected chi connectivity index (χ4v) is 4.71. The molecule has 0 saturated carbocycles. The zero-order valence-electron chi connectivity index (χ0n) is 15.3. The average Bonchev–Trinajstić information content (AvgIpc) is 2.68. The Kier molecular flexibility index (Phi) is 5.17. The van der Waals surface area contributed by atoms with Gasteiger partial charge in [-0.05, 0) is 54.4 Å². The van der Waals surface area contributed by atoms with Crippen LogP contribution in [0.2, 0.25) is 0 Å². The highest BCUT2D eigenvalue weighted by Crippen LogP contribution is 2.31. The third kappa shape index (κ3) is 4.36. The zero-order chi connectivity index (χ0) is 20.4. The summed E-state index contributed by atoms with van der Waals surface area (Å²) in [6.07, 6.45) is 1.71. The second-order valence-corrected chi connectivity index (χ2v) is 9.45. The molecule has 29 heavy (non-hydrogen) atoms. The van der Waals surface area contributed by atoms with E-state index < -0.39 is 9.71 Å². The Morgan fingerprint density at radius 2 is 1.76 bits per heavy atom. The molecule has 7 heteroatoms. The molecule has 0 bridgehead atoms. The van der Waals surface area contributed by atoms with Gasteiger partial charge in [0.2, 0.25) is 0 Å². The highest BCUT2D eigenvalue weighted by atomic mass is 79.9. The molecule has 1 heterocycles. The first-order valence-electron chi connectivity index (χ1n) is 8.76. The standard InChI is InChI=1S/C22H18BrN3O2S/c1-29(28,19-5-3-2-4-6-19)26-16-7-8-21-20(14-16)22(9-10-24-21)25-17-11-15(23)12-18(27)13-17/h2-14,27H,1H2,(H,24,25)(H,26,28). The molecule has 0 aliphatic rings. The minimum atomic E-state index is -2.70. The molecule has 0 aliphatic heterocycles. The number of phenols is 1. The molecule has 0 radical (unpaired) electrons. The molecule has 0 saturated heterocycles. The van der Waals surface area contributed by atoms with Crippen molar-refractivity contribution in [3.63, 3.8) is 0 Å². The lowest BCUT2D eigenvalue weighted by atomic mass is 10.1. The molecular weight excluding hydrogens is 450 g/mol. The molecule has 3 aromatic carbocycles. The Hall–Kier alpha value is -3.03. The van der Waals surface area contributed by atoms with Gasteiger partial charge in [0.05, 0.1) is 15.2 Å². The van der Waals surface area contributed by atoms with Crippen molar-refractivity contribution in [2.24, 2.45) is 0 Å². The van der Waals surface area contributed by atoms with E-state index in [-0.39, 0.29) is 5.75 Å². The Bertz CT molecular complexity index is 1270. The summed E-state index contributed by atoms with van der Waals surface area (Å²) in [6.45, 7) is 0. The summed E-state index contributed by atoms with van der Waals surface area (Å²) in [7, 11) is -2.70. The Balaban J connectivity index is 1.71. The molecule has 5 nitrogen and oxygen atoms in total. The molecule has 1 aromatic heterocycles. The normalized spacial score (nSPS) is 13.0. The first-order chi connectivity index (χ1) is 13.9. The van der Waals surface area contributed by atoms with Crippen LogP contribution in [-0.4, -0.2) is 20.2 Å². The van der Waals surface area contributed by atoms with E-state index in [0.717, 1.165) is 26.8 Å². The molecule has 4 rings (SSSR count). The van der Waals surface area contributed by atoms with Crippen molar-refractivity contribution >= 4 is 59.5 Å². The quantitative estimate of drug-likeness (QED) is 0.336. The number of nitrogens with one attached hydrogen (secondary N) is 2. The molecule has 0 spiro atoms. The van der Waals surface area contributed by atoms with Gasteiger partial charge in [-0.2, -0.15) is 0 Å². The minimum absolute atomic E-state index is 0.155. The van der Waals surface area contributed by atoms with E-state index in [2.05, 4.69) is 36.8 Å². The van der Waals surface area contributed by atoms with Crippen molar-refractivity contribution in [3.8, 4) is 5.75 Å². The maximum absolute atomic E-state index is 13.1. The number of hydrogen-bond donors (Lipinski definition) is 3. The minimum Gasteiger partial charge on any atom is -0.508 e. The number of nitrogens with zero attached hydrogens (tertiary/aromatic N) is 1. The van der Waals surface area contributed by atoms with Crippen molar-refractivity contribution in [2.75, 3.05) is 10.0 Å². The molecule has 3 N–H and O–H groups in total. The van der Waals surface area contributed by atoms with Crippen LogP contribution in [0.25, 0.3) is 10.9 Å². The molecule has 146 valence electrons. The molecule has 4 aromatic rings. The van der Waals surface area contributed by atoms with Crippen LogP contribution in [0.4, 0.5) is 17.1 Å². The zero-order valence-corrected chi connectivity index (χ0v) is 17.7. The van der Waals surface area contributed by atoms with Crippen molar-refractivity contribution in [1.82, 2.24) is 4.98 Å². The molecule has 0 aliphatic carbocycles. The van der Waals surface area contributed by atoms with Crippen molar-refractivity contribution < 1.29 is 9.32 Å². The third-order valence-electron chi connectivity index (χ3n) is 4.31. The van der Waals surface area contributed by atoms with Gasteiger partial charge in [-0.3, -0.25) is 4.98 Å². The average molecular weight is 468 g/mol. The molecule has 1 unspecified atom stereocenters. The molecule has 1 atom stereocenters. The van der Waals surface area contributed by atoms with Crippen LogP contribution in [0.3, 0.4) is 0 Å². The van der Waals surface area contributed by atoms with Crippen molar-refractivity contribution in [3.05, 3.63) is 83.5 Å². The number of phenolic OH excluding ortho intramolecular Hbond substituents is 1. The number of halogens is 1. The van der Waals surface area contributed by atoms with E-state index in [1.54, 1.807) is 30.5 Å². The maximum Gasteiger partial charge on any atom is 0.118 e. The Morgan fingerprint density at radius 1 is 0.966 bits per heavy atom. The predicted octanol–water partition coefficient (Wildman–Crippen LogP) is 5.55. The Morgan fingerprint density at radius 3 is 2.52 bits per heavy atom. The second kappa shape index (κ2) is 7.77. The van der Waals surface area contributed by atoms with Crippen LogP contribution in [-0.2, 0) is 9.71 Å². The highest BCUT2D eigenvalue weighted by molar-refractivity contribution is 9.10. The van der Waals surface area contributed by atoms with Gasteiger partial charge < -0.3 is 15.1 Å². The summed E-state index contributed by atoms with van der Waals surface area (Å²) < 4.78 is 16.9. The van der Waals surface area contributed by atoms with Crippen LogP contribution in [0.15, 0.2) is 88.4 Å². The monoisotopic (exact) mass is 467 g/mol. The summed E-state index contributed by atoms with van der Waals surface area (Å²) in [5.74, 6) is 4.03. The Labute approximate surface area is 177 Å². The number of pyridine rings is 1. The number of fused-ring (bicyclic) bond motifs is 1. The van der Waals surface area contributed by atoms with E-state index in [1.807, 2.05) is 48.5 Å². The third-order valence-corrected chi connectivity index (χ3v) is 6.37. The van der Waals surface area contributed by atoms with Crippen LogP contribution >= 0.6 is 15.9 Å². The largest absolute Gasteiger partial charge is 0.508 e. The van der Waals surface area contributed by atoms with Gasteiger partial charge in [0.25, 0.3) is 0 Å². The van der Waals surface area contributed by atoms with E-state index in [9.17, 15) is 9.32 Å². The SMILES string of the molecule is C=S(=O)(Nc1ccc2nccc(Nc3cc(O)cc(Br)c3)c2c1)c1ccccc1. The first kappa shape index (κ1) is 19.3. The number of rotatable bonds is 5. The summed E-state index contributed by atoms with van der Waals surface area (Å²) in [5.41, 5.74) is 3.00. The van der Waals surface area contributed by atoms with E-state index >= 15 is 0 Å². The summed E-state index contributed by atoms with van der Waals surface area (Å²) >= 11 is 3.38. The van der Waals surface area contributed by atoms with Gasteiger partial charge in [0.15, 0.2) is 0 Å². The van der Waals surface area contributed by atoms with Gasteiger partial charge in [-0.1, -0.05) is 34.1 Å². The fourth-order valence-electron chi connectivity index (χ4n) is 3.01. The van der Waals surface area contributed by atoms with Gasteiger partial charge in [0, 0.05) is 44.1 Å². The number of aromatic hydroxyl groups is 1. The number of benzene rings is 3. The van der Waals surface area contributed by atoms with Crippen LogP contribution < -0.4 is 10.0 Å². The van der Waals surface area contributed by atoms with Gasteiger partial charge in [-0.15, -0.1) is 0 Å². The lowest BCUT2D eigenvalue weighted by molar-refractivity contribution is 0.475. The van der Waals surface area contributed by atoms with Crippen molar-refractivity contribution in [2.45, 2.75) is 4.90 Å². The molecular formula is C22H18BrN3O2S. The molecule has 0 amide bonds. The number of aromatic nitrogens is 1. The van der Waals surface area contributed by atoms with Crippen LogP contribution in [0.5, 0.6) is 5.75 Å². The molecule has 0 fully saturated rings. The highest BCUT2D eigenvalue weighted by Gasteiger charge is 2.10. The summed E-state index contributed by atoms with van der Waals surface area (Å²) in [6, 6.07) is 21.7. The van der Waals surface area contributed by atoms with Gasteiger partial charge in [-0.25, -0.2) is 4.21 Å². The number of hydrogen-bond acceptors (Lipinski definition) is 4.